The van der Waals surface area contributed by atoms with Gasteiger partial charge in [0, 0.05) is 31.6 Å². The number of hydrogen-bond acceptors (Lipinski definition) is 4. The number of benzene rings is 1. The molecule has 0 atom stereocenters. The highest BCUT2D eigenvalue weighted by Crippen LogP contribution is 2.21. The molecule has 3 N–H and O–H groups in total. The van der Waals surface area contributed by atoms with Crippen LogP contribution in [0.5, 0.6) is 0 Å². The van der Waals surface area contributed by atoms with Gasteiger partial charge in [0.1, 0.15) is 0 Å². The van der Waals surface area contributed by atoms with E-state index in [0.717, 1.165) is 50.5 Å². The normalized spacial score (nSPS) is 23.6. The molecule has 6 nitrogen and oxygen atoms in total. The van der Waals surface area contributed by atoms with Crippen LogP contribution in [0.1, 0.15) is 56.9 Å². The van der Waals surface area contributed by atoms with Crippen LogP contribution < -0.4 is 11.1 Å². The highest BCUT2D eigenvalue weighted by atomic mass is 35.5. The number of piperidine rings is 1. The summed E-state index contributed by atoms with van der Waals surface area (Å²) in [7, 11) is -3.39. The number of carbonyl (C=O) groups excluding carboxylic acids is 1. The van der Waals surface area contributed by atoms with Crippen molar-refractivity contribution < 1.29 is 13.2 Å². The zero-order valence-corrected chi connectivity index (χ0v) is 17.9. The van der Waals surface area contributed by atoms with Gasteiger partial charge in [-0.2, -0.15) is 4.31 Å². The average molecular weight is 430 g/mol. The lowest BCUT2D eigenvalue weighted by molar-refractivity contribution is -0.122. The molecule has 0 radical (unpaired) electrons. The first-order valence-electron chi connectivity index (χ1n) is 10.1. The average Bonchev–Trinajstić information content (AvgIpc) is 2.69. The van der Waals surface area contributed by atoms with Crippen molar-refractivity contribution in [2.24, 2.45) is 5.73 Å². The van der Waals surface area contributed by atoms with Crippen molar-refractivity contribution in [3.05, 3.63) is 29.8 Å². The van der Waals surface area contributed by atoms with Gasteiger partial charge in [-0.3, -0.25) is 4.79 Å². The van der Waals surface area contributed by atoms with Gasteiger partial charge in [0.2, 0.25) is 15.9 Å². The van der Waals surface area contributed by atoms with Crippen LogP contribution in [0.4, 0.5) is 0 Å². The van der Waals surface area contributed by atoms with Crippen LogP contribution in [0, 0.1) is 0 Å². The van der Waals surface area contributed by atoms with Crippen molar-refractivity contribution in [2.45, 2.75) is 74.8 Å². The van der Waals surface area contributed by atoms with Crippen LogP contribution >= 0.6 is 12.4 Å². The Kier molecular flexibility index (Phi) is 8.74. The van der Waals surface area contributed by atoms with E-state index in [-0.39, 0.29) is 30.4 Å². The minimum atomic E-state index is -3.39. The van der Waals surface area contributed by atoms with Gasteiger partial charge in [-0.1, -0.05) is 18.6 Å². The standard InChI is InChI=1S/C20H31N3O3S.ClH/c21-17-7-9-18(10-8-17)22-20(24)13-6-16-4-11-19(12-5-16)27(25,26)23-14-2-1-3-15-23;/h4-5,11-12,17-18H,1-3,6-10,13-15,21H2,(H,22,24);1H. The Hall–Kier alpha value is -1.15. The molecular weight excluding hydrogens is 398 g/mol. The Morgan fingerprint density at radius 2 is 1.64 bits per heavy atom. The fraction of sp³-hybridized carbons (Fsp3) is 0.650. The molecule has 1 aliphatic carbocycles. The zero-order chi connectivity index (χ0) is 19.3. The van der Waals surface area contributed by atoms with E-state index in [9.17, 15) is 13.2 Å². The maximum atomic E-state index is 12.7. The van der Waals surface area contributed by atoms with E-state index >= 15 is 0 Å². The number of carbonyl (C=O) groups is 1. The number of hydrogen-bond donors (Lipinski definition) is 2. The molecule has 0 spiro atoms. The van der Waals surface area contributed by atoms with Crippen LogP contribution in [0.25, 0.3) is 0 Å². The first kappa shape index (κ1) is 23.1. The minimum absolute atomic E-state index is 0. The zero-order valence-electron chi connectivity index (χ0n) is 16.3. The largest absolute Gasteiger partial charge is 0.353 e. The van der Waals surface area contributed by atoms with Gasteiger partial charge >= 0.3 is 0 Å². The molecule has 3 rings (SSSR count). The van der Waals surface area contributed by atoms with E-state index in [2.05, 4.69) is 5.32 Å². The summed E-state index contributed by atoms with van der Waals surface area (Å²) < 4.78 is 26.9. The Morgan fingerprint density at radius 1 is 1.04 bits per heavy atom. The molecule has 28 heavy (non-hydrogen) atoms. The number of nitrogens with two attached hydrogens (primary N) is 1. The molecule has 0 bridgehead atoms. The van der Waals surface area contributed by atoms with Crippen molar-refractivity contribution >= 4 is 28.3 Å². The highest BCUT2D eigenvalue weighted by Gasteiger charge is 2.25. The quantitative estimate of drug-likeness (QED) is 0.726. The summed E-state index contributed by atoms with van der Waals surface area (Å²) in [5.41, 5.74) is 6.87. The number of nitrogens with one attached hydrogen (secondary N) is 1. The topological polar surface area (TPSA) is 92.5 Å². The number of aryl methyl sites for hydroxylation is 1. The first-order valence-corrected chi connectivity index (χ1v) is 11.5. The summed E-state index contributed by atoms with van der Waals surface area (Å²) in [4.78, 5) is 12.5. The van der Waals surface area contributed by atoms with Crippen LogP contribution in [-0.4, -0.2) is 43.8 Å². The van der Waals surface area contributed by atoms with Crippen LogP contribution in [0.3, 0.4) is 0 Å². The summed E-state index contributed by atoms with van der Waals surface area (Å²) in [6, 6.07) is 7.50. The second-order valence-electron chi connectivity index (χ2n) is 7.79. The van der Waals surface area contributed by atoms with Gasteiger partial charge in [-0.05, 0) is 62.6 Å². The summed E-state index contributed by atoms with van der Waals surface area (Å²) >= 11 is 0. The monoisotopic (exact) mass is 429 g/mol. The van der Waals surface area contributed by atoms with E-state index < -0.39 is 10.0 Å². The van der Waals surface area contributed by atoms with Crippen LogP contribution in [-0.2, 0) is 21.2 Å². The second-order valence-corrected chi connectivity index (χ2v) is 9.73. The summed E-state index contributed by atoms with van der Waals surface area (Å²) in [5.74, 6) is 0.0560. The van der Waals surface area contributed by atoms with Gasteiger partial charge in [-0.25, -0.2) is 8.42 Å². The van der Waals surface area contributed by atoms with Crippen molar-refractivity contribution in [1.29, 1.82) is 0 Å². The van der Waals surface area contributed by atoms with Crippen molar-refractivity contribution in [1.82, 2.24) is 9.62 Å². The third kappa shape index (κ3) is 6.17. The van der Waals surface area contributed by atoms with E-state index in [1.807, 2.05) is 12.1 Å². The molecule has 1 aromatic carbocycles. The van der Waals surface area contributed by atoms with Gasteiger partial charge in [0.25, 0.3) is 0 Å². The van der Waals surface area contributed by atoms with Gasteiger partial charge in [0.05, 0.1) is 4.90 Å². The molecule has 2 aliphatic rings. The van der Waals surface area contributed by atoms with E-state index in [1.54, 1.807) is 16.4 Å². The van der Waals surface area contributed by atoms with Crippen molar-refractivity contribution in [2.75, 3.05) is 13.1 Å². The van der Waals surface area contributed by atoms with E-state index in [1.165, 1.54) is 0 Å². The van der Waals surface area contributed by atoms with E-state index in [0.29, 0.717) is 30.8 Å². The lowest BCUT2D eigenvalue weighted by Crippen LogP contribution is -2.40. The number of nitrogens with zero attached hydrogens (tertiary/aromatic N) is 1. The molecule has 1 aromatic rings. The summed E-state index contributed by atoms with van der Waals surface area (Å²) in [6.07, 6.45) is 7.84. The molecule has 1 aliphatic heterocycles. The lowest BCUT2D eigenvalue weighted by atomic mass is 9.92. The number of sulfonamides is 1. The van der Waals surface area contributed by atoms with Gasteiger partial charge in [-0.15, -0.1) is 12.4 Å². The predicted molar refractivity (Wildman–Crippen MR) is 113 cm³/mol. The smallest absolute Gasteiger partial charge is 0.243 e. The van der Waals surface area contributed by atoms with E-state index in [4.69, 9.17) is 5.73 Å². The lowest BCUT2D eigenvalue weighted by Gasteiger charge is -2.26. The predicted octanol–water partition coefficient (Wildman–Crippen LogP) is 2.60. The maximum absolute atomic E-state index is 12.7. The number of rotatable bonds is 6. The van der Waals surface area contributed by atoms with Crippen molar-refractivity contribution in [3.63, 3.8) is 0 Å². The van der Waals surface area contributed by atoms with Gasteiger partial charge in [0.15, 0.2) is 0 Å². The molecule has 2 fully saturated rings. The summed E-state index contributed by atoms with van der Waals surface area (Å²) in [5, 5.41) is 3.09. The maximum Gasteiger partial charge on any atom is 0.243 e. The SMILES string of the molecule is Cl.NC1CCC(NC(=O)CCc2ccc(S(=O)(=O)N3CCCCC3)cc2)CC1. The molecule has 1 amide bonds. The Morgan fingerprint density at radius 3 is 2.25 bits per heavy atom. The Balaban J connectivity index is 0.00000280. The Bertz CT molecular complexity index is 726. The molecule has 1 saturated heterocycles. The van der Waals surface area contributed by atoms with Crippen LogP contribution in [0.15, 0.2) is 29.2 Å². The third-order valence-electron chi connectivity index (χ3n) is 5.65. The van der Waals surface area contributed by atoms with Gasteiger partial charge < -0.3 is 11.1 Å². The minimum Gasteiger partial charge on any atom is -0.353 e. The summed E-state index contributed by atoms with van der Waals surface area (Å²) in [6.45, 7) is 1.21. The fourth-order valence-corrected chi connectivity index (χ4v) is 5.42. The molecular formula is C20H32ClN3O3S. The third-order valence-corrected chi connectivity index (χ3v) is 7.57. The molecule has 8 heteroatoms. The fourth-order valence-electron chi connectivity index (χ4n) is 3.90. The first-order chi connectivity index (χ1) is 12.9. The number of halogens is 1. The molecule has 1 saturated carbocycles. The number of amides is 1. The molecule has 158 valence electrons. The second kappa shape index (κ2) is 10.6. The molecule has 1 heterocycles. The van der Waals surface area contributed by atoms with Crippen LogP contribution in [0.2, 0.25) is 0 Å². The van der Waals surface area contributed by atoms with Crippen molar-refractivity contribution in [3.8, 4) is 0 Å². The Labute approximate surface area is 174 Å². The molecule has 0 aromatic heterocycles. The molecule has 0 unspecified atom stereocenters. The highest BCUT2D eigenvalue weighted by molar-refractivity contribution is 7.89.